The maximum atomic E-state index is 11.3. The number of anilines is 2. The van der Waals surface area contributed by atoms with Crippen molar-refractivity contribution in [1.29, 1.82) is 0 Å². The van der Waals surface area contributed by atoms with E-state index >= 15 is 0 Å². The second-order valence-electron chi connectivity index (χ2n) is 3.96. The molecule has 0 saturated heterocycles. The van der Waals surface area contributed by atoms with E-state index in [1.54, 1.807) is 4.68 Å². The Kier molecular flexibility index (Phi) is 3.33. The lowest BCUT2D eigenvalue weighted by molar-refractivity contribution is 0.0997. The summed E-state index contributed by atoms with van der Waals surface area (Å²) >= 11 is 1.43. The molecule has 0 aromatic carbocycles. The Bertz CT molecular complexity index is 586. The van der Waals surface area contributed by atoms with E-state index in [0.29, 0.717) is 10.8 Å². The van der Waals surface area contributed by atoms with Crippen molar-refractivity contribution in [2.45, 2.75) is 20.3 Å². The highest BCUT2D eigenvalue weighted by atomic mass is 32.1. The zero-order chi connectivity index (χ0) is 13.3. The van der Waals surface area contributed by atoms with Crippen LogP contribution >= 0.6 is 11.3 Å². The molecule has 6 nitrogen and oxygen atoms in total. The molecule has 0 fully saturated rings. The van der Waals surface area contributed by atoms with Crippen LogP contribution in [0.4, 0.5) is 10.8 Å². The van der Waals surface area contributed by atoms with Crippen LogP contribution in [0.25, 0.3) is 0 Å². The lowest BCUT2D eigenvalue weighted by Gasteiger charge is -2.01. The van der Waals surface area contributed by atoms with Gasteiger partial charge in [-0.2, -0.15) is 5.10 Å². The highest BCUT2D eigenvalue weighted by Gasteiger charge is 2.16. The molecule has 0 saturated carbocycles. The zero-order valence-corrected chi connectivity index (χ0v) is 11.3. The summed E-state index contributed by atoms with van der Waals surface area (Å²) in [7, 11) is 1.84. The molecular formula is C11H15N5OS. The summed E-state index contributed by atoms with van der Waals surface area (Å²) in [5.41, 5.74) is 6.60. The Balaban J connectivity index is 2.36. The smallest absolute Gasteiger partial charge is 0.270 e. The molecule has 1 amide bonds. The van der Waals surface area contributed by atoms with Crippen LogP contribution in [0.3, 0.4) is 0 Å². The van der Waals surface area contributed by atoms with Crippen molar-refractivity contribution in [2.75, 3.05) is 5.32 Å². The van der Waals surface area contributed by atoms with Gasteiger partial charge in [-0.25, -0.2) is 4.98 Å². The minimum atomic E-state index is -0.526. The molecule has 3 N–H and O–H groups in total. The molecule has 7 heteroatoms. The normalized spacial score (nSPS) is 10.6. The van der Waals surface area contributed by atoms with Crippen molar-refractivity contribution in [3.8, 4) is 0 Å². The van der Waals surface area contributed by atoms with Gasteiger partial charge in [-0.3, -0.25) is 9.48 Å². The van der Waals surface area contributed by atoms with Crippen LogP contribution in [0.2, 0.25) is 0 Å². The molecule has 0 atom stereocenters. The van der Waals surface area contributed by atoms with Gasteiger partial charge in [0.25, 0.3) is 5.91 Å². The standard InChI is InChI=1S/C11H15N5OS/c1-4-7-13-8(9(12)17)11(18-7)14-10-6(2)5-16(3)15-10/h5H,4H2,1-3H3,(H2,12,17)(H,14,15). The maximum Gasteiger partial charge on any atom is 0.270 e. The Morgan fingerprint density at radius 1 is 1.61 bits per heavy atom. The van der Waals surface area contributed by atoms with Crippen LogP contribution in [0.1, 0.15) is 28.0 Å². The van der Waals surface area contributed by atoms with Gasteiger partial charge in [0, 0.05) is 18.8 Å². The summed E-state index contributed by atoms with van der Waals surface area (Å²) in [6.07, 6.45) is 2.67. The average molecular weight is 265 g/mol. The van der Waals surface area contributed by atoms with Gasteiger partial charge in [0.15, 0.2) is 11.5 Å². The van der Waals surface area contributed by atoms with E-state index in [9.17, 15) is 4.79 Å². The maximum absolute atomic E-state index is 11.3. The van der Waals surface area contributed by atoms with Gasteiger partial charge in [0.2, 0.25) is 0 Å². The van der Waals surface area contributed by atoms with E-state index in [4.69, 9.17) is 5.73 Å². The Hall–Kier alpha value is -1.89. The van der Waals surface area contributed by atoms with Gasteiger partial charge in [-0.15, -0.1) is 11.3 Å². The fourth-order valence-electron chi connectivity index (χ4n) is 1.61. The zero-order valence-electron chi connectivity index (χ0n) is 10.5. The second kappa shape index (κ2) is 4.77. The predicted molar refractivity (Wildman–Crippen MR) is 71.2 cm³/mol. The number of amides is 1. The van der Waals surface area contributed by atoms with Crippen molar-refractivity contribution in [2.24, 2.45) is 12.8 Å². The number of hydrogen-bond donors (Lipinski definition) is 2. The van der Waals surface area contributed by atoms with Crippen LogP contribution in [0.15, 0.2) is 6.20 Å². The predicted octanol–water partition coefficient (Wildman–Crippen LogP) is 1.59. The minimum Gasteiger partial charge on any atom is -0.364 e. The number of carbonyl (C=O) groups excluding carboxylic acids is 1. The van der Waals surface area contributed by atoms with Crippen molar-refractivity contribution in [3.05, 3.63) is 22.5 Å². The summed E-state index contributed by atoms with van der Waals surface area (Å²) in [6, 6.07) is 0. The summed E-state index contributed by atoms with van der Waals surface area (Å²) < 4.78 is 1.71. The number of nitrogens with one attached hydrogen (secondary N) is 1. The Morgan fingerprint density at radius 3 is 2.83 bits per heavy atom. The number of hydrogen-bond acceptors (Lipinski definition) is 5. The van der Waals surface area contributed by atoms with E-state index < -0.39 is 5.91 Å². The Morgan fingerprint density at radius 2 is 2.33 bits per heavy atom. The van der Waals surface area contributed by atoms with Crippen LogP contribution in [-0.2, 0) is 13.5 Å². The lowest BCUT2D eigenvalue weighted by atomic mass is 10.3. The number of carbonyl (C=O) groups is 1. The molecule has 0 aliphatic carbocycles. The second-order valence-corrected chi connectivity index (χ2v) is 5.05. The molecule has 96 valence electrons. The fourth-order valence-corrected chi connectivity index (χ4v) is 2.51. The molecule has 0 unspecified atom stereocenters. The molecule has 0 spiro atoms. The van der Waals surface area contributed by atoms with Crippen molar-refractivity contribution in [1.82, 2.24) is 14.8 Å². The van der Waals surface area contributed by atoms with E-state index in [-0.39, 0.29) is 5.69 Å². The highest BCUT2D eigenvalue weighted by molar-refractivity contribution is 7.16. The van der Waals surface area contributed by atoms with Gasteiger partial charge in [-0.1, -0.05) is 6.92 Å². The van der Waals surface area contributed by atoms with Gasteiger partial charge in [-0.05, 0) is 13.3 Å². The van der Waals surface area contributed by atoms with Crippen LogP contribution in [0, 0.1) is 6.92 Å². The van der Waals surface area contributed by atoms with Gasteiger partial charge >= 0.3 is 0 Å². The largest absolute Gasteiger partial charge is 0.364 e. The number of thiazole rings is 1. The van der Waals surface area contributed by atoms with E-state index in [2.05, 4.69) is 15.4 Å². The molecule has 2 rings (SSSR count). The van der Waals surface area contributed by atoms with Gasteiger partial charge in [0.1, 0.15) is 5.00 Å². The number of aromatic nitrogens is 3. The average Bonchev–Trinajstić information content (AvgIpc) is 2.83. The topological polar surface area (TPSA) is 85.8 Å². The fraction of sp³-hybridized carbons (Fsp3) is 0.364. The van der Waals surface area contributed by atoms with Crippen LogP contribution < -0.4 is 11.1 Å². The van der Waals surface area contributed by atoms with Crippen molar-refractivity contribution < 1.29 is 4.79 Å². The number of rotatable bonds is 4. The third kappa shape index (κ3) is 2.35. The van der Waals surface area contributed by atoms with Crippen molar-refractivity contribution >= 4 is 28.1 Å². The van der Waals surface area contributed by atoms with Crippen LogP contribution in [-0.4, -0.2) is 20.7 Å². The number of nitrogens with zero attached hydrogens (tertiary/aromatic N) is 3. The third-order valence-corrected chi connectivity index (χ3v) is 3.57. The molecule has 0 aliphatic rings. The Labute approximate surface area is 109 Å². The van der Waals surface area contributed by atoms with Gasteiger partial charge < -0.3 is 11.1 Å². The van der Waals surface area contributed by atoms with E-state index in [1.165, 1.54) is 11.3 Å². The molecule has 18 heavy (non-hydrogen) atoms. The molecular weight excluding hydrogens is 250 g/mol. The molecule has 2 heterocycles. The minimum absolute atomic E-state index is 0.280. The summed E-state index contributed by atoms with van der Waals surface area (Å²) in [5.74, 6) is 0.188. The van der Waals surface area contributed by atoms with E-state index in [0.717, 1.165) is 17.0 Å². The summed E-state index contributed by atoms with van der Waals surface area (Å²) in [4.78, 5) is 15.5. The molecule has 0 bridgehead atoms. The summed E-state index contributed by atoms with van der Waals surface area (Å²) in [5, 5.41) is 8.92. The molecule has 0 aliphatic heterocycles. The molecule has 0 radical (unpaired) electrons. The highest BCUT2D eigenvalue weighted by Crippen LogP contribution is 2.28. The number of nitrogens with two attached hydrogens (primary N) is 1. The number of primary amides is 1. The number of aryl methyl sites for hydroxylation is 3. The first-order chi connectivity index (χ1) is 8.51. The SMILES string of the molecule is CCc1nc(C(N)=O)c(Nc2nn(C)cc2C)s1. The van der Waals surface area contributed by atoms with Gasteiger partial charge in [0.05, 0.1) is 5.01 Å². The monoisotopic (exact) mass is 265 g/mol. The first-order valence-electron chi connectivity index (χ1n) is 5.58. The lowest BCUT2D eigenvalue weighted by Crippen LogP contribution is -2.13. The molecule has 2 aromatic rings. The first kappa shape index (κ1) is 12.6. The van der Waals surface area contributed by atoms with Crippen molar-refractivity contribution in [3.63, 3.8) is 0 Å². The molecule has 2 aromatic heterocycles. The quantitative estimate of drug-likeness (QED) is 0.879. The summed E-state index contributed by atoms with van der Waals surface area (Å²) in [6.45, 7) is 3.93. The van der Waals surface area contributed by atoms with Crippen LogP contribution in [0.5, 0.6) is 0 Å². The first-order valence-corrected chi connectivity index (χ1v) is 6.39. The van der Waals surface area contributed by atoms with E-state index in [1.807, 2.05) is 27.1 Å². The third-order valence-electron chi connectivity index (χ3n) is 2.45.